The Balaban J connectivity index is 2.55. The smallest absolute Gasteiger partial charge is 0.324 e. The molecule has 0 aliphatic heterocycles. The van der Waals surface area contributed by atoms with Crippen LogP contribution in [-0.4, -0.2) is 6.18 Å². The molecule has 0 radical (unpaired) electrons. The predicted octanol–water partition coefficient (Wildman–Crippen LogP) is 3.87. The van der Waals surface area contributed by atoms with Crippen molar-refractivity contribution in [3.8, 4) is 0 Å². The molecule has 0 bridgehead atoms. The summed E-state index contributed by atoms with van der Waals surface area (Å²) in [5.74, 6) is -0.367. The van der Waals surface area contributed by atoms with Crippen molar-refractivity contribution in [3.05, 3.63) is 35.1 Å². The molecule has 1 atom stereocenters. The highest BCUT2D eigenvalue weighted by Crippen LogP contribution is 2.26. The molecule has 0 fully saturated rings. The van der Waals surface area contributed by atoms with E-state index in [4.69, 9.17) is 5.73 Å². The zero-order valence-corrected chi connectivity index (χ0v) is 9.52. The van der Waals surface area contributed by atoms with Crippen molar-refractivity contribution in [2.45, 2.75) is 38.4 Å². The molecule has 0 saturated carbocycles. The Morgan fingerprint density at radius 3 is 2.47 bits per heavy atom. The van der Waals surface area contributed by atoms with E-state index in [2.05, 4.69) is 0 Å². The van der Waals surface area contributed by atoms with Gasteiger partial charge in [0.2, 0.25) is 0 Å². The van der Waals surface area contributed by atoms with Crippen molar-refractivity contribution in [2.75, 3.05) is 0 Å². The van der Waals surface area contributed by atoms with Crippen molar-refractivity contribution in [2.24, 2.45) is 5.73 Å². The molecule has 1 aromatic carbocycles. The fraction of sp³-hybridized carbons (Fsp3) is 0.500. The fourth-order valence-corrected chi connectivity index (χ4v) is 1.73. The van der Waals surface area contributed by atoms with E-state index in [1.807, 2.05) is 0 Å². The molecule has 96 valence electrons. The monoisotopic (exact) mass is 249 g/mol. The number of hydrogen-bond donors (Lipinski definition) is 1. The molecule has 0 heterocycles. The van der Waals surface area contributed by atoms with Crippen molar-refractivity contribution in [1.82, 2.24) is 0 Å². The van der Waals surface area contributed by atoms with Gasteiger partial charge in [-0.25, -0.2) is 4.39 Å². The first-order chi connectivity index (χ1) is 7.79. The third-order valence-electron chi connectivity index (χ3n) is 2.61. The summed E-state index contributed by atoms with van der Waals surface area (Å²) in [6.07, 6.45) is -4.74. The van der Waals surface area contributed by atoms with Crippen LogP contribution in [0.4, 0.5) is 17.6 Å². The quantitative estimate of drug-likeness (QED) is 0.805. The lowest BCUT2D eigenvalue weighted by Crippen LogP contribution is -2.14. The second-order valence-electron chi connectivity index (χ2n) is 4.11. The minimum absolute atomic E-state index is 0.0124. The van der Waals surface area contributed by atoms with E-state index >= 15 is 0 Å². The highest BCUT2D eigenvalue weighted by atomic mass is 19.4. The summed E-state index contributed by atoms with van der Waals surface area (Å²) in [7, 11) is 0. The Morgan fingerprint density at radius 2 is 1.94 bits per heavy atom. The van der Waals surface area contributed by atoms with E-state index < -0.39 is 18.6 Å². The summed E-state index contributed by atoms with van der Waals surface area (Å²) in [5, 5.41) is 0. The van der Waals surface area contributed by atoms with Crippen LogP contribution in [0.25, 0.3) is 0 Å². The number of hydrogen-bond acceptors (Lipinski definition) is 1. The molecule has 0 aliphatic carbocycles. The highest BCUT2D eigenvalue weighted by Gasteiger charge is 2.26. The molecule has 17 heavy (non-hydrogen) atoms. The van der Waals surface area contributed by atoms with E-state index in [1.165, 1.54) is 18.2 Å². The summed E-state index contributed by atoms with van der Waals surface area (Å²) < 4.78 is 48.7. The summed E-state index contributed by atoms with van der Waals surface area (Å²) in [4.78, 5) is 0. The first-order valence-corrected chi connectivity index (χ1v) is 5.38. The van der Waals surface area contributed by atoms with Gasteiger partial charge in [-0.1, -0.05) is 6.07 Å². The van der Waals surface area contributed by atoms with Crippen LogP contribution in [0.1, 0.15) is 36.4 Å². The van der Waals surface area contributed by atoms with Gasteiger partial charge in [0.25, 0.3) is 0 Å². The molecule has 1 nitrogen and oxygen atoms in total. The fourth-order valence-electron chi connectivity index (χ4n) is 1.73. The number of rotatable bonds is 4. The summed E-state index contributed by atoms with van der Waals surface area (Å²) >= 11 is 0. The van der Waals surface area contributed by atoms with E-state index in [9.17, 15) is 17.6 Å². The van der Waals surface area contributed by atoms with Gasteiger partial charge >= 0.3 is 6.18 Å². The maximum atomic E-state index is 12.8. The number of halogens is 4. The van der Waals surface area contributed by atoms with E-state index in [1.54, 1.807) is 6.92 Å². The van der Waals surface area contributed by atoms with E-state index in [-0.39, 0.29) is 18.7 Å². The minimum atomic E-state index is -4.14. The Kier molecular flexibility index (Phi) is 4.51. The highest BCUT2D eigenvalue weighted by molar-refractivity contribution is 5.29. The lowest BCUT2D eigenvalue weighted by Gasteiger charge is -2.15. The Bertz CT molecular complexity index is 373. The van der Waals surface area contributed by atoms with E-state index in [0.717, 1.165) is 0 Å². The van der Waals surface area contributed by atoms with Crippen LogP contribution in [0.15, 0.2) is 18.2 Å². The Labute approximate surface area is 97.6 Å². The second-order valence-corrected chi connectivity index (χ2v) is 4.11. The average Bonchev–Trinajstić information content (AvgIpc) is 2.15. The molecule has 0 spiro atoms. The minimum Gasteiger partial charge on any atom is -0.324 e. The van der Waals surface area contributed by atoms with Crippen LogP contribution < -0.4 is 5.73 Å². The lowest BCUT2D eigenvalue weighted by molar-refractivity contribution is -0.135. The molecule has 5 heteroatoms. The summed E-state index contributed by atoms with van der Waals surface area (Å²) in [6.45, 7) is 1.70. The SMILES string of the molecule is Cc1cc(F)ccc1C(N)CCCC(F)(F)F. The zero-order chi connectivity index (χ0) is 13.1. The molecule has 0 saturated heterocycles. The van der Waals surface area contributed by atoms with Crippen LogP contribution in [0, 0.1) is 12.7 Å². The van der Waals surface area contributed by atoms with Gasteiger partial charge < -0.3 is 5.73 Å². The van der Waals surface area contributed by atoms with E-state index in [0.29, 0.717) is 11.1 Å². The average molecular weight is 249 g/mol. The lowest BCUT2D eigenvalue weighted by atomic mass is 9.97. The molecule has 0 amide bonds. The molecule has 0 aromatic heterocycles. The normalized spacial score (nSPS) is 13.8. The van der Waals surface area contributed by atoms with Gasteiger partial charge in [0.05, 0.1) is 0 Å². The van der Waals surface area contributed by atoms with Gasteiger partial charge in [-0.05, 0) is 43.0 Å². The second kappa shape index (κ2) is 5.49. The van der Waals surface area contributed by atoms with Crippen LogP contribution in [0.5, 0.6) is 0 Å². The van der Waals surface area contributed by atoms with Gasteiger partial charge in [-0.3, -0.25) is 0 Å². The molecule has 1 unspecified atom stereocenters. The van der Waals surface area contributed by atoms with Crippen LogP contribution >= 0.6 is 0 Å². The van der Waals surface area contributed by atoms with Gasteiger partial charge in [-0.15, -0.1) is 0 Å². The van der Waals surface area contributed by atoms with Crippen molar-refractivity contribution < 1.29 is 17.6 Å². The van der Waals surface area contributed by atoms with Gasteiger partial charge in [0.15, 0.2) is 0 Å². The van der Waals surface area contributed by atoms with Crippen molar-refractivity contribution >= 4 is 0 Å². The van der Waals surface area contributed by atoms with Crippen LogP contribution in [0.2, 0.25) is 0 Å². The number of benzene rings is 1. The van der Waals surface area contributed by atoms with Crippen molar-refractivity contribution in [1.29, 1.82) is 0 Å². The van der Waals surface area contributed by atoms with Gasteiger partial charge in [0, 0.05) is 12.5 Å². The largest absolute Gasteiger partial charge is 0.389 e. The van der Waals surface area contributed by atoms with Crippen LogP contribution in [-0.2, 0) is 0 Å². The zero-order valence-electron chi connectivity index (χ0n) is 9.52. The summed E-state index contributed by atoms with van der Waals surface area (Å²) in [6, 6.07) is 3.66. The van der Waals surface area contributed by atoms with Gasteiger partial charge in [0.1, 0.15) is 5.82 Å². The maximum Gasteiger partial charge on any atom is 0.389 e. The Hall–Kier alpha value is -1.10. The summed E-state index contributed by atoms with van der Waals surface area (Å²) in [5.41, 5.74) is 7.16. The molecule has 2 N–H and O–H groups in total. The predicted molar refractivity (Wildman–Crippen MR) is 58.0 cm³/mol. The molecular weight excluding hydrogens is 234 g/mol. The number of aryl methyl sites for hydroxylation is 1. The van der Waals surface area contributed by atoms with Gasteiger partial charge in [-0.2, -0.15) is 13.2 Å². The number of nitrogens with two attached hydrogens (primary N) is 1. The number of alkyl halides is 3. The topological polar surface area (TPSA) is 26.0 Å². The standard InChI is InChI=1S/C12H15F4N/c1-8-7-9(13)4-5-10(8)11(17)3-2-6-12(14,15)16/h4-5,7,11H,2-3,6,17H2,1H3. The third-order valence-corrected chi connectivity index (χ3v) is 2.61. The molecule has 1 aromatic rings. The Morgan fingerprint density at radius 1 is 1.29 bits per heavy atom. The molecule has 0 aliphatic rings. The van der Waals surface area contributed by atoms with Crippen molar-refractivity contribution in [3.63, 3.8) is 0 Å². The first-order valence-electron chi connectivity index (χ1n) is 5.38. The third kappa shape index (κ3) is 4.73. The first kappa shape index (κ1) is 14.0. The maximum absolute atomic E-state index is 12.8. The molecular formula is C12H15F4N. The van der Waals surface area contributed by atoms with Crippen LogP contribution in [0.3, 0.4) is 0 Å². The molecule has 1 rings (SSSR count).